The summed E-state index contributed by atoms with van der Waals surface area (Å²) in [6.45, 7) is 0.228. The van der Waals surface area contributed by atoms with E-state index >= 15 is 0 Å². The molecule has 29 heavy (non-hydrogen) atoms. The zero-order chi connectivity index (χ0) is 20.6. The molecule has 3 aromatic rings. The molecule has 8 heteroatoms. The van der Waals surface area contributed by atoms with Gasteiger partial charge in [0.1, 0.15) is 23.1 Å². The maximum Gasteiger partial charge on any atom is 0.285 e. The molecule has 0 fully saturated rings. The van der Waals surface area contributed by atoms with E-state index in [0.29, 0.717) is 22.1 Å². The number of methoxy groups -OCH3 is 2. The number of nitrogens with one attached hydrogen (secondary N) is 1. The van der Waals surface area contributed by atoms with Crippen LogP contribution in [0.2, 0.25) is 0 Å². The summed E-state index contributed by atoms with van der Waals surface area (Å²) >= 11 is 1.25. The molecule has 0 saturated heterocycles. The highest BCUT2D eigenvalue weighted by Crippen LogP contribution is 2.27. The number of hydrazone groups is 1. The van der Waals surface area contributed by atoms with Crippen LogP contribution in [-0.2, 0) is 6.61 Å². The Bertz CT molecular complexity index is 1000. The van der Waals surface area contributed by atoms with E-state index in [1.807, 2.05) is 0 Å². The van der Waals surface area contributed by atoms with Crippen LogP contribution in [0.25, 0.3) is 0 Å². The maximum absolute atomic E-state index is 13.0. The first-order valence-corrected chi connectivity index (χ1v) is 9.49. The van der Waals surface area contributed by atoms with E-state index in [1.165, 1.54) is 29.7 Å². The summed E-state index contributed by atoms with van der Waals surface area (Å²) in [5, 5.41) is 5.74. The zero-order valence-corrected chi connectivity index (χ0v) is 16.7. The van der Waals surface area contributed by atoms with E-state index in [-0.39, 0.29) is 18.3 Å². The molecule has 0 aliphatic heterocycles. The third-order valence-electron chi connectivity index (χ3n) is 3.93. The molecule has 0 bridgehead atoms. The number of amides is 1. The van der Waals surface area contributed by atoms with E-state index in [0.717, 1.165) is 11.1 Å². The molecule has 3 rings (SSSR count). The minimum Gasteiger partial charge on any atom is -0.493 e. The van der Waals surface area contributed by atoms with Crippen LogP contribution < -0.4 is 19.6 Å². The van der Waals surface area contributed by atoms with Crippen molar-refractivity contribution in [2.45, 2.75) is 6.61 Å². The molecule has 6 nitrogen and oxygen atoms in total. The van der Waals surface area contributed by atoms with Crippen molar-refractivity contribution in [2.75, 3.05) is 14.2 Å². The van der Waals surface area contributed by atoms with Gasteiger partial charge in [0.25, 0.3) is 5.91 Å². The molecule has 0 atom stereocenters. The van der Waals surface area contributed by atoms with Crippen LogP contribution in [0, 0.1) is 5.82 Å². The van der Waals surface area contributed by atoms with Crippen LogP contribution in [0.5, 0.6) is 17.2 Å². The Kier molecular flexibility index (Phi) is 6.80. The number of thiophene rings is 1. The van der Waals surface area contributed by atoms with Crippen LogP contribution in [-0.4, -0.2) is 26.3 Å². The van der Waals surface area contributed by atoms with Crippen molar-refractivity contribution in [3.8, 4) is 17.2 Å². The Morgan fingerprint density at radius 3 is 2.55 bits per heavy atom. The van der Waals surface area contributed by atoms with Crippen molar-refractivity contribution in [1.82, 2.24) is 5.43 Å². The molecule has 150 valence electrons. The highest BCUT2D eigenvalue weighted by molar-refractivity contribution is 7.12. The monoisotopic (exact) mass is 414 g/mol. The van der Waals surface area contributed by atoms with Crippen LogP contribution in [0.3, 0.4) is 0 Å². The van der Waals surface area contributed by atoms with Crippen LogP contribution in [0.1, 0.15) is 20.8 Å². The number of hydrogen-bond donors (Lipinski definition) is 1. The first-order chi connectivity index (χ1) is 14.1. The summed E-state index contributed by atoms with van der Waals surface area (Å²) in [6, 6.07) is 13.0. The fraction of sp³-hybridized carbons (Fsp3) is 0.143. The molecule has 0 aliphatic rings. The van der Waals surface area contributed by atoms with Gasteiger partial charge in [0.2, 0.25) is 0 Å². The molecular formula is C21H19FN2O4S. The summed E-state index contributed by atoms with van der Waals surface area (Å²) in [4.78, 5) is 12.8. The number of hydrogen-bond acceptors (Lipinski definition) is 6. The second-order valence-corrected chi connectivity index (χ2v) is 6.76. The van der Waals surface area contributed by atoms with E-state index in [1.54, 1.807) is 56.0 Å². The first-order valence-electron chi connectivity index (χ1n) is 8.61. The van der Waals surface area contributed by atoms with E-state index in [2.05, 4.69) is 10.5 Å². The van der Waals surface area contributed by atoms with Crippen molar-refractivity contribution in [3.63, 3.8) is 0 Å². The Labute approximate surface area is 171 Å². The minimum absolute atomic E-state index is 0.228. The van der Waals surface area contributed by atoms with Gasteiger partial charge in [-0.25, -0.2) is 9.82 Å². The lowest BCUT2D eigenvalue weighted by Gasteiger charge is -2.08. The fourth-order valence-corrected chi connectivity index (χ4v) is 3.19. The highest BCUT2D eigenvalue weighted by Gasteiger charge is 2.14. The summed E-state index contributed by atoms with van der Waals surface area (Å²) in [6.07, 6.45) is 1.51. The Balaban J connectivity index is 1.61. The molecular weight excluding hydrogens is 395 g/mol. The lowest BCUT2D eigenvalue weighted by Crippen LogP contribution is -2.17. The number of ether oxygens (including phenoxy) is 3. The van der Waals surface area contributed by atoms with E-state index < -0.39 is 0 Å². The molecule has 1 heterocycles. The van der Waals surface area contributed by atoms with Crippen molar-refractivity contribution < 1.29 is 23.4 Å². The third-order valence-corrected chi connectivity index (χ3v) is 4.82. The van der Waals surface area contributed by atoms with Crippen LogP contribution in [0.4, 0.5) is 4.39 Å². The number of carbonyl (C=O) groups is 1. The van der Waals surface area contributed by atoms with Gasteiger partial charge in [-0.2, -0.15) is 5.10 Å². The fourth-order valence-electron chi connectivity index (χ4n) is 2.47. The molecule has 0 saturated carbocycles. The Morgan fingerprint density at radius 2 is 1.83 bits per heavy atom. The second kappa shape index (κ2) is 9.70. The molecule has 1 aromatic heterocycles. The average Bonchev–Trinajstić information content (AvgIpc) is 3.22. The molecule has 0 radical (unpaired) electrons. The van der Waals surface area contributed by atoms with Gasteiger partial charge in [-0.3, -0.25) is 4.79 Å². The molecule has 1 amide bonds. The van der Waals surface area contributed by atoms with Gasteiger partial charge in [0.15, 0.2) is 11.5 Å². The summed E-state index contributed by atoms with van der Waals surface area (Å²) in [5.41, 5.74) is 4.02. The molecule has 1 N–H and O–H groups in total. The highest BCUT2D eigenvalue weighted by atomic mass is 32.1. The number of nitrogens with zero attached hydrogens (tertiary/aromatic N) is 1. The minimum atomic E-state index is -0.383. The van der Waals surface area contributed by atoms with Gasteiger partial charge in [-0.1, -0.05) is 12.1 Å². The van der Waals surface area contributed by atoms with Crippen molar-refractivity contribution in [3.05, 3.63) is 75.7 Å². The van der Waals surface area contributed by atoms with E-state index in [4.69, 9.17) is 14.2 Å². The van der Waals surface area contributed by atoms with Gasteiger partial charge in [0, 0.05) is 0 Å². The van der Waals surface area contributed by atoms with Crippen LogP contribution >= 0.6 is 11.3 Å². The number of halogens is 1. The van der Waals surface area contributed by atoms with Crippen molar-refractivity contribution in [2.24, 2.45) is 5.10 Å². The SMILES string of the molecule is COc1ccc(C=NNC(=O)c2sccc2OCc2ccc(F)cc2)cc1OC. The molecule has 0 unspecified atom stereocenters. The summed E-state index contributed by atoms with van der Waals surface area (Å²) in [5.74, 6) is 0.924. The lowest BCUT2D eigenvalue weighted by molar-refractivity contribution is 0.0955. The zero-order valence-electron chi connectivity index (χ0n) is 15.8. The number of rotatable bonds is 8. The van der Waals surface area contributed by atoms with Gasteiger partial charge < -0.3 is 14.2 Å². The molecule has 0 spiro atoms. The lowest BCUT2D eigenvalue weighted by atomic mass is 10.2. The smallest absolute Gasteiger partial charge is 0.285 e. The normalized spacial score (nSPS) is 10.7. The summed E-state index contributed by atoms with van der Waals surface area (Å²) < 4.78 is 29.1. The Morgan fingerprint density at radius 1 is 1.07 bits per heavy atom. The third kappa shape index (κ3) is 5.32. The van der Waals surface area contributed by atoms with Gasteiger partial charge in [0.05, 0.1) is 20.4 Å². The van der Waals surface area contributed by atoms with Crippen LogP contribution in [0.15, 0.2) is 59.0 Å². The predicted molar refractivity (Wildman–Crippen MR) is 110 cm³/mol. The van der Waals surface area contributed by atoms with Gasteiger partial charge >= 0.3 is 0 Å². The van der Waals surface area contributed by atoms with E-state index in [9.17, 15) is 9.18 Å². The second-order valence-electron chi connectivity index (χ2n) is 5.84. The quantitative estimate of drug-likeness (QED) is 0.442. The first kappa shape index (κ1) is 20.3. The van der Waals surface area contributed by atoms with Crippen molar-refractivity contribution in [1.29, 1.82) is 0 Å². The largest absolute Gasteiger partial charge is 0.493 e. The standard InChI is InChI=1S/C21H19FN2O4S/c1-26-17-8-5-15(11-19(17)27-2)12-23-24-21(25)20-18(9-10-29-20)28-13-14-3-6-16(22)7-4-14/h3-12H,13H2,1-2H3,(H,24,25). The summed E-state index contributed by atoms with van der Waals surface area (Å²) in [7, 11) is 3.10. The van der Waals surface area contributed by atoms with Gasteiger partial charge in [-0.05, 0) is 52.9 Å². The molecule has 2 aromatic carbocycles. The number of carbonyl (C=O) groups excluding carboxylic acids is 1. The van der Waals surface area contributed by atoms with Crippen molar-refractivity contribution >= 4 is 23.5 Å². The molecule has 0 aliphatic carbocycles. The predicted octanol–water partition coefficient (Wildman–Crippen LogP) is 4.25. The maximum atomic E-state index is 13.0. The topological polar surface area (TPSA) is 69.2 Å². The number of benzene rings is 2. The average molecular weight is 414 g/mol. The van der Waals surface area contributed by atoms with Gasteiger partial charge in [-0.15, -0.1) is 11.3 Å². The Hall–Kier alpha value is -3.39.